The van der Waals surface area contributed by atoms with E-state index in [9.17, 15) is 22.0 Å². The molecule has 0 aromatic heterocycles. The largest absolute Gasteiger partial charge is 0.573 e. The Balaban J connectivity index is 1.57. The lowest BCUT2D eigenvalue weighted by molar-refractivity contribution is -0.274. The van der Waals surface area contributed by atoms with E-state index in [4.69, 9.17) is 4.74 Å². The zero-order valence-corrected chi connectivity index (χ0v) is 20.3. The van der Waals surface area contributed by atoms with Crippen molar-refractivity contribution >= 4 is 0 Å². The van der Waals surface area contributed by atoms with Crippen LogP contribution in [0.5, 0.6) is 17.2 Å². The second-order valence-corrected chi connectivity index (χ2v) is 9.45. The zero-order chi connectivity index (χ0) is 25.9. The van der Waals surface area contributed by atoms with Gasteiger partial charge in [0.15, 0.2) is 11.6 Å². The van der Waals surface area contributed by atoms with Crippen LogP contribution in [-0.4, -0.2) is 6.36 Å². The SMILES string of the molecule is CCC[C@H]1CC[C@H](c2ccc(-c3cc(C)c(F)c(F)c3Oc3ccc(OC(F)(F)F)cc3)cc2)CC1. The number of benzene rings is 3. The summed E-state index contributed by atoms with van der Waals surface area (Å²) in [5.74, 6) is -1.60. The first kappa shape index (κ1) is 26.0. The lowest BCUT2D eigenvalue weighted by Crippen LogP contribution is -2.16. The van der Waals surface area contributed by atoms with Crippen molar-refractivity contribution in [2.75, 3.05) is 0 Å². The summed E-state index contributed by atoms with van der Waals surface area (Å²) >= 11 is 0. The van der Waals surface area contributed by atoms with Crippen molar-refractivity contribution in [3.63, 3.8) is 0 Å². The van der Waals surface area contributed by atoms with Gasteiger partial charge in [0.2, 0.25) is 5.82 Å². The normalized spacial score (nSPS) is 18.2. The van der Waals surface area contributed by atoms with Crippen molar-refractivity contribution < 1.29 is 31.4 Å². The molecule has 1 fully saturated rings. The van der Waals surface area contributed by atoms with E-state index in [0.717, 1.165) is 30.9 Å². The zero-order valence-electron chi connectivity index (χ0n) is 20.3. The molecule has 192 valence electrons. The monoisotopic (exact) mass is 504 g/mol. The summed E-state index contributed by atoms with van der Waals surface area (Å²) in [7, 11) is 0. The molecule has 0 amide bonds. The highest BCUT2D eigenvalue weighted by Crippen LogP contribution is 2.41. The molecule has 0 heterocycles. The highest BCUT2D eigenvalue weighted by Gasteiger charge is 2.31. The van der Waals surface area contributed by atoms with Gasteiger partial charge in [-0.2, -0.15) is 4.39 Å². The van der Waals surface area contributed by atoms with Crippen LogP contribution in [0.4, 0.5) is 22.0 Å². The summed E-state index contributed by atoms with van der Waals surface area (Å²) < 4.78 is 76.2. The van der Waals surface area contributed by atoms with Gasteiger partial charge in [0.25, 0.3) is 0 Å². The van der Waals surface area contributed by atoms with Gasteiger partial charge in [-0.1, -0.05) is 44.0 Å². The van der Waals surface area contributed by atoms with E-state index in [1.165, 1.54) is 56.4 Å². The van der Waals surface area contributed by atoms with Gasteiger partial charge < -0.3 is 9.47 Å². The maximum Gasteiger partial charge on any atom is 0.573 e. The maximum absolute atomic E-state index is 15.0. The van der Waals surface area contributed by atoms with Crippen LogP contribution in [0.2, 0.25) is 0 Å². The van der Waals surface area contributed by atoms with Crippen LogP contribution in [0, 0.1) is 24.5 Å². The first-order chi connectivity index (χ1) is 17.1. The van der Waals surface area contributed by atoms with Gasteiger partial charge in [0.1, 0.15) is 11.5 Å². The Bertz CT molecular complexity index is 1160. The third-order valence-electron chi connectivity index (χ3n) is 6.86. The lowest BCUT2D eigenvalue weighted by atomic mass is 9.77. The second-order valence-electron chi connectivity index (χ2n) is 9.45. The Labute approximate surface area is 208 Å². The topological polar surface area (TPSA) is 18.5 Å². The molecule has 1 aliphatic rings. The molecular weight excluding hydrogens is 475 g/mol. The van der Waals surface area contributed by atoms with Crippen LogP contribution in [0.1, 0.15) is 62.5 Å². The molecule has 3 aromatic rings. The number of halogens is 5. The van der Waals surface area contributed by atoms with E-state index in [1.54, 1.807) is 0 Å². The Morgan fingerprint density at radius 3 is 2.03 bits per heavy atom. The minimum absolute atomic E-state index is 0.0494. The first-order valence-electron chi connectivity index (χ1n) is 12.3. The Morgan fingerprint density at radius 2 is 1.44 bits per heavy atom. The third-order valence-corrected chi connectivity index (χ3v) is 6.86. The molecule has 0 spiro atoms. The van der Waals surface area contributed by atoms with Crippen LogP contribution in [-0.2, 0) is 0 Å². The van der Waals surface area contributed by atoms with Crippen LogP contribution in [0.15, 0.2) is 54.6 Å². The summed E-state index contributed by atoms with van der Waals surface area (Å²) in [6.45, 7) is 3.69. The molecule has 0 unspecified atom stereocenters. The highest BCUT2D eigenvalue weighted by atomic mass is 19.4. The van der Waals surface area contributed by atoms with Crippen molar-refractivity contribution in [3.8, 4) is 28.4 Å². The van der Waals surface area contributed by atoms with Crippen LogP contribution >= 0.6 is 0 Å². The molecule has 0 N–H and O–H groups in total. The summed E-state index contributed by atoms with van der Waals surface area (Å²) in [5.41, 5.74) is 2.38. The predicted octanol–water partition coefficient (Wildman–Crippen LogP) is 9.71. The average Bonchev–Trinajstić information content (AvgIpc) is 2.85. The highest BCUT2D eigenvalue weighted by molar-refractivity contribution is 5.72. The summed E-state index contributed by atoms with van der Waals surface area (Å²) in [6.07, 6.45) is 2.42. The Kier molecular flexibility index (Phi) is 7.86. The minimum Gasteiger partial charge on any atom is -0.454 e. The van der Waals surface area contributed by atoms with E-state index in [2.05, 4.69) is 11.7 Å². The smallest absolute Gasteiger partial charge is 0.454 e. The number of ether oxygens (including phenoxy) is 2. The van der Waals surface area contributed by atoms with Crippen molar-refractivity contribution in [2.45, 2.75) is 64.7 Å². The Morgan fingerprint density at radius 1 is 0.833 bits per heavy atom. The number of hydrogen-bond acceptors (Lipinski definition) is 2. The maximum atomic E-state index is 15.0. The Hall–Kier alpha value is -3.09. The fourth-order valence-electron chi connectivity index (χ4n) is 5.01. The molecule has 0 aliphatic heterocycles. The predicted molar refractivity (Wildman–Crippen MR) is 129 cm³/mol. The lowest BCUT2D eigenvalue weighted by Gasteiger charge is -2.28. The second kappa shape index (κ2) is 10.9. The summed E-state index contributed by atoms with van der Waals surface area (Å²) in [5, 5.41) is 0. The van der Waals surface area contributed by atoms with E-state index < -0.39 is 23.7 Å². The average molecular weight is 505 g/mol. The molecule has 1 saturated carbocycles. The molecule has 0 atom stereocenters. The van der Waals surface area contributed by atoms with Gasteiger partial charge in [0, 0.05) is 5.56 Å². The van der Waals surface area contributed by atoms with Crippen molar-refractivity contribution in [1.29, 1.82) is 0 Å². The molecule has 1 aliphatic carbocycles. The number of rotatable bonds is 7. The van der Waals surface area contributed by atoms with Crippen molar-refractivity contribution in [3.05, 3.63) is 77.4 Å². The fraction of sp³-hybridized carbons (Fsp3) is 0.379. The fourth-order valence-corrected chi connectivity index (χ4v) is 5.01. The quantitative estimate of drug-likeness (QED) is 0.298. The van der Waals surface area contributed by atoms with E-state index in [0.29, 0.717) is 17.0 Å². The number of aryl methyl sites for hydroxylation is 1. The summed E-state index contributed by atoms with van der Waals surface area (Å²) in [4.78, 5) is 0. The molecule has 0 saturated heterocycles. The standard InChI is InChI=1S/C29H29F5O2/c1-3-4-19-5-7-20(8-6-19)21-9-11-22(12-10-21)25-17-18(2)26(30)27(31)28(25)35-23-13-15-24(16-14-23)36-29(32,33)34/h9-17,19-20H,3-8H2,1-2H3/t19-,20-. The van der Waals surface area contributed by atoms with Gasteiger partial charge >= 0.3 is 6.36 Å². The summed E-state index contributed by atoms with van der Waals surface area (Å²) in [6, 6.07) is 13.9. The van der Waals surface area contributed by atoms with E-state index in [-0.39, 0.29) is 17.1 Å². The van der Waals surface area contributed by atoms with Crippen LogP contribution in [0.3, 0.4) is 0 Å². The van der Waals surface area contributed by atoms with Crippen molar-refractivity contribution in [1.82, 2.24) is 0 Å². The van der Waals surface area contributed by atoms with Gasteiger partial charge in [-0.25, -0.2) is 4.39 Å². The molecule has 7 heteroatoms. The molecule has 2 nitrogen and oxygen atoms in total. The first-order valence-corrected chi connectivity index (χ1v) is 12.3. The van der Waals surface area contributed by atoms with Gasteiger partial charge in [-0.3, -0.25) is 0 Å². The van der Waals surface area contributed by atoms with Crippen LogP contribution in [0.25, 0.3) is 11.1 Å². The van der Waals surface area contributed by atoms with Crippen LogP contribution < -0.4 is 9.47 Å². The molecule has 0 bridgehead atoms. The van der Waals surface area contributed by atoms with Gasteiger partial charge in [-0.15, -0.1) is 13.2 Å². The van der Waals surface area contributed by atoms with Crippen molar-refractivity contribution in [2.24, 2.45) is 5.92 Å². The van der Waals surface area contributed by atoms with Gasteiger partial charge in [0.05, 0.1) is 0 Å². The number of hydrogen-bond donors (Lipinski definition) is 0. The minimum atomic E-state index is -4.83. The molecule has 4 rings (SSSR count). The number of alkyl halides is 3. The molecular formula is C29H29F5O2. The van der Waals surface area contributed by atoms with Gasteiger partial charge in [-0.05, 0) is 91.5 Å². The van der Waals surface area contributed by atoms with E-state index >= 15 is 0 Å². The van der Waals surface area contributed by atoms with E-state index in [1.807, 2.05) is 24.3 Å². The third kappa shape index (κ3) is 6.18. The molecule has 36 heavy (non-hydrogen) atoms. The molecule has 0 radical (unpaired) electrons. The molecule has 3 aromatic carbocycles.